The highest BCUT2D eigenvalue weighted by Gasteiger charge is 2.21. The van der Waals surface area contributed by atoms with Gasteiger partial charge in [0.05, 0.1) is 0 Å². The molecule has 1 saturated heterocycles. The van der Waals surface area contributed by atoms with E-state index in [0.29, 0.717) is 32.7 Å². The third-order valence-electron chi connectivity index (χ3n) is 3.42. The molecule has 0 radical (unpaired) electrons. The molecule has 0 bridgehead atoms. The molecule has 1 aliphatic heterocycles. The smallest absolute Gasteiger partial charge is 0.317 e. The summed E-state index contributed by atoms with van der Waals surface area (Å²) in [6, 6.07) is 3.82. The first-order chi connectivity index (χ1) is 9.66. The monoisotopic (exact) mass is 276 g/mol. The van der Waals surface area contributed by atoms with Crippen molar-refractivity contribution in [2.24, 2.45) is 0 Å². The largest absolute Gasteiger partial charge is 0.339 e. The highest BCUT2D eigenvalue weighted by Crippen LogP contribution is 2.02. The maximum absolute atomic E-state index is 12.0. The van der Waals surface area contributed by atoms with Gasteiger partial charge in [-0.2, -0.15) is 0 Å². The number of carbonyl (C=O) groups excluding carboxylic acids is 2. The van der Waals surface area contributed by atoms with Crippen molar-refractivity contribution in [2.45, 2.75) is 13.3 Å². The number of urea groups is 1. The zero-order valence-corrected chi connectivity index (χ0v) is 11.7. The summed E-state index contributed by atoms with van der Waals surface area (Å²) in [5, 5.41) is 2.90. The second-order valence-electron chi connectivity index (χ2n) is 4.84. The number of carbonyl (C=O) groups is 2. The van der Waals surface area contributed by atoms with Crippen LogP contribution in [0.1, 0.15) is 12.5 Å². The van der Waals surface area contributed by atoms with Crippen molar-refractivity contribution in [3.05, 3.63) is 30.1 Å². The van der Waals surface area contributed by atoms with E-state index in [1.54, 1.807) is 29.1 Å². The molecule has 1 aromatic rings. The molecule has 0 unspecified atom stereocenters. The minimum absolute atomic E-state index is 0.0582. The third-order valence-corrected chi connectivity index (χ3v) is 3.42. The van der Waals surface area contributed by atoms with E-state index in [-0.39, 0.29) is 11.9 Å². The van der Waals surface area contributed by atoms with E-state index in [2.05, 4.69) is 10.3 Å². The van der Waals surface area contributed by atoms with Gasteiger partial charge >= 0.3 is 6.03 Å². The van der Waals surface area contributed by atoms with Gasteiger partial charge in [-0.15, -0.1) is 0 Å². The number of nitrogens with one attached hydrogen (secondary N) is 1. The van der Waals surface area contributed by atoms with Crippen LogP contribution in [0.5, 0.6) is 0 Å². The van der Waals surface area contributed by atoms with Crippen LogP contribution in [0, 0.1) is 0 Å². The van der Waals surface area contributed by atoms with Crippen molar-refractivity contribution in [1.29, 1.82) is 0 Å². The second kappa shape index (κ2) is 6.88. The predicted octanol–water partition coefficient (Wildman–Crippen LogP) is 0.498. The quantitative estimate of drug-likeness (QED) is 0.874. The first-order valence-electron chi connectivity index (χ1n) is 6.84. The normalized spacial score (nSPS) is 15.1. The summed E-state index contributed by atoms with van der Waals surface area (Å²) in [5.41, 5.74) is 1.11. The number of amides is 3. The van der Waals surface area contributed by atoms with Crippen molar-refractivity contribution >= 4 is 11.9 Å². The molecule has 0 aliphatic carbocycles. The Kier molecular flexibility index (Phi) is 4.92. The Bertz CT molecular complexity index is 456. The molecule has 1 aromatic heterocycles. The van der Waals surface area contributed by atoms with Crippen LogP contribution in [0.15, 0.2) is 24.5 Å². The van der Waals surface area contributed by atoms with E-state index >= 15 is 0 Å². The molecule has 0 spiro atoms. The van der Waals surface area contributed by atoms with Crippen LogP contribution in [0.4, 0.5) is 4.79 Å². The lowest BCUT2D eigenvalue weighted by atomic mass is 10.2. The predicted molar refractivity (Wildman–Crippen MR) is 75.2 cm³/mol. The molecule has 1 N–H and O–H groups in total. The van der Waals surface area contributed by atoms with Crippen molar-refractivity contribution in [1.82, 2.24) is 20.1 Å². The Labute approximate surface area is 118 Å². The van der Waals surface area contributed by atoms with Crippen LogP contribution in [0.25, 0.3) is 0 Å². The van der Waals surface area contributed by atoms with Gasteiger partial charge < -0.3 is 15.1 Å². The number of aromatic nitrogens is 1. The summed E-state index contributed by atoms with van der Waals surface area (Å²) in [6.07, 6.45) is 4.31. The van der Waals surface area contributed by atoms with Gasteiger partial charge in [-0.3, -0.25) is 9.78 Å². The van der Waals surface area contributed by atoms with Crippen LogP contribution in [0.3, 0.4) is 0 Å². The minimum Gasteiger partial charge on any atom is -0.339 e. The molecule has 1 aliphatic rings. The fourth-order valence-corrected chi connectivity index (χ4v) is 2.20. The standard InChI is InChI=1S/C14H20N4O2/c1-12(19)17-7-9-18(10-8-17)14(20)16-6-4-13-3-2-5-15-11-13/h2-3,5,11H,4,6-10H2,1H3,(H,16,20). The third kappa shape index (κ3) is 3.94. The van der Waals surface area contributed by atoms with Gasteiger partial charge in [0.2, 0.25) is 5.91 Å². The van der Waals surface area contributed by atoms with Gasteiger partial charge in [0.15, 0.2) is 0 Å². The Morgan fingerprint density at radius 1 is 1.25 bits per heavy atom. The zero-order valence-electron chi connectivity index (χ0n) is 11.7. The summed E-state index contributed by atoms with van der Waals surface area (Å²) in [4.78, 5) is 30.7. The molecule has 1 fully saturated rings. The van der Waals surface area contributed by atoms with Gasteiger partial charge in [-0.25, -0.2) is 4.79 Å². The van der Waals surface area contributed by atoms with E-state index in [4.69, 9.17) is 0 Å². The maximum atomic E-state index is 12.0. The molecule has 6 nitrogen and oxygen atoms in total. The Morgan fingerprint density at radius 2 is 1.95 bits per heavy atom. The van der Waals surface area contributed by atoms with Crippen LogP contribution in [-0.4, -0.2) is 59.4 Å². The fourth-order valence-electron chi connectivity index (χ4n) is 2.20. The van der Waals surface area contributed by atoms with E-state index in [9.17, 15) is 9.59 Å². The van der Waals surface area contributed by atoms with Crippen LogP contribution >= 0.6 is 0 Å². The molecule has 108 valence electrons. The van der Waals surface area contributed by atoms with Crippen LogP contribution in [-0.2, 0) is 11.2 Å². The minimum atomic E-state index is -0.0582. The number of nitrogens with zero attached hydrogens (tertiary/aromatic N) is 3. The summed E-state index contributed by atoms with van der Waals surface area (Å²) >= 11 is 0. The topological polar surface area (TPSA) is 65.5 Å². The van der Waals surface area contributed by atoms with Crippen LogP contribution < -0.4 is 5.32 Å². The maximum Gasteiger partial charge on any atom is 0.317 e. The molecule has 2 heterocycles. The molecule has 20 heavy (non-hydrogen) atoms. The lowest BCUT2D eigenvalue weighted by Gasteiger charge is -2.34. The Morgan fingerprint density at radius 3 is 2.55 bits per heavy atom. The Balaban J connectivity index is 1.69. The molecular weight excluding hydrogens is 256 g/mol. The van der Waals surface area contributed by atoms with Gasteiger partial charge in [0.1, 0.15) is 0 Å². The van der Waals surface area contributed by atoms with Crippen molar-refractivity contribution in [3.8, 4) is 0 Å². The van der Waals surface area contributed by atoms with E-state index in [0.717, 1.165) is 12.0 Å². The van der Waals surface area contributed by atoms with Crippen LogP contribution in [0.2, 0.25) is 0 Å². The number of hydrogen-bond donors (Lipinski definition) is 1. The van der Waals surface area contributed by atoms with Gasteiger partial charge in [-0.1, -0.05) is 6.07 Å². The van der Waals surface area contributed by atoms with Crippen molar-refractivity contribution in [3.63, 3.8) is 0 Å². The molecule has 0 saturated carbocycles. The Hall–Kier alpha value is -2.11. The van der Waals surface area contributed by atoms with Gasteiger partial charge in [-0.05, 0) is 18.1 Å². The van der Waals surface area contributed by atoms with E-state index < -0.39 is 0 Å². The van der Waals surface area contributed by atoms with E-state index in [1.807, 2.05) is 12.1 Å². The summed E-state index contributed by atoms with van der Waals surface area (Å²) in [7, 11) is 0. The number of piperazine rings is 1. The van der Waals surface area contributed by atoms with Gasteiger partial charge in [0.25, 0.3) is 0 Å². The van der Waals surface area contributed by atoms with Crippen molar-refractivity contribution < 1.29 is 9.59 Å². The highest BCUT2D eigenvalue weighted by molar-refractivity contribution is 5.76. The molecule has 6 heteroatoms. The highest BCUT2D eigenvalue weighted by atomic mass is 16.2. The first-order valence-corrected chi connectivity index (χ1v) is 6.84. The average Bonchev–Trinajstić information content (AvgIpc) is 2.48. The number of pyridine rings is 1. The first kappa shape index (κ1) is 14.3. The van der Waals surface area contributed by atoms with E-state index in [1.165, 1.54) is 0 Å². The lowest BCUT2D eigenvalue weighted by Crippen LogP contribution is -2.52. The summed E-state index contributed by atoms with van der Waals surface area (Å²) in [5.74, 6) is 0.0710. The second-order valence-corrected chi connectivity index (χ2v) is 4.84. The fraction of sp³-hybridized carbons (Fsp3) is 0.500. The number of hydrogen-bond acceptors (Lipinski definition) is 3. The molecule has 0 atom stereocenters. The summed E-state index contributed by atoms with van der Waals surface area (Å²) in [6.45, 7) is 4.58. The van der Waals surface area contributed by atoms with Gasteiger partial charge in [0, 0.05) is 52.0 Å². The number of rotatable bonds is 3. The summed E-state index contributed by atoms with van der Waals surface area (Å²) < 4.78 is 0. The SMILES string of the molecule is CC(=O)N1CCN(C(=O)NCCc2cccnc2)CC1. The molecule has 2 rings (SSSR count). The molecule has 3 amide bonds. The van der Waals surface area contributed by atoms with Crippen molar-refractivity contribution in [2.75, 3.05) is 32.7 Å². The molecular formula is C14H20N4O2. The lowest BCUT2D eigenvalue weighted by molar-refractivity contribution is -0.130. The zero-order chi connectivity index (χ0) is 14.4. The average molecular weight is 276 g/mol. The molecule has 0 aromatic carbocycles.